The molecule has 2 aromatic heterocycles. The van der Waals surface area contributed by atoms with E-state index in [2.05, 4.69) is 25.4 Å². The molecule has 2 aromatic rings. The first-order valence-corrected chi connectivity index (χ1v) is 7.14. The maximum absolute atomic E-state index is 12.5. The van der Waals surface area contributed by atoms with Crippen LogP contribution in [0.4, 0.5) is 5.69 Å². The summed E-state index contributed by atoms with van der Waals surface area (Å²) in [5.41, 5.74) is 0.759. The van der Waals surface area contributed by atoms with Crippen molar-refractivity contribution in [3.63, 3.8) is 0 Å². The number of aromatic nitrogens is 3. The molecule has 8 heteroatoms. The van der Waals surface area contributed by atoms with E-state index in [9.17, 15) is 4.79 Å². The molecule has 1 amide bonds. The number of nitrogens with zero attached hydrogens (tertiary/aromatic N) is 4. The fourth-order valence-electron chi connectivity index (χ4n) is 1.64. The van der Waals surface area contributed by atoms with Gasteiger partial charge in [0.05, 0.1) is 19.0 Å². The smallest absolute Gasteiger partial charge is 0.271 e. The van der Waals surface area contributed by atoms with Gasteiger partial charge in [0.1, 0.15) is 9.35 Å². The lowest BCUT2D eigenvalue weighted by atomic mass is 10.3. The van der Waals surface area contributed by atoms with Crippen LogP contribution >= 0.6 is 27.5 Å². The van der Waals surface area contributed by atoms with Crippen LogP contribution in [-0.2, 0) is 7.05 Å². The third-order valence-corrected chi connectivity index (χ3v) is 4.38. The molecule has 0 radical (unpaired) electrons. The van der Waals surface area contributed by atoms with Crippen LogP contribution in [0.3, 0.4) is 0 Å². The minimum Gasteiger partial charge on any atom is -0.480 e. The van der Waals surface area contributed by atoms with Gasteiger partial charge in [-0.2, -0.15) is 9.47 Å². The molecule has 0 unspecified atom stereocenters. The van der Waals surface area contributed by atoms with Gasteiger partial charge in [-0.15, -0.1) is 0 Å². The molecule has 0 bridgehead atoms. The van der Waals surface area contributed by atoms with Gasteiger partial charge in [0.2, 0.25) is 5.88 Å². The van der Waals surface area contributed by atoms with Crippen LogP contribution in [-0.4, -0.2) is 33.7 Å². The third-order valence-electron chi connectivity index (χ3n) is 2.56. The maximum Gasteiger partial charge on any atom is 0.271 e. The van der Waals surface area contributed by atoms with Gasteiger partial charge in [-0.25, -0.2) is 0 Å². The van der Waals surface area contributed by atoms with Crippen molar-refractivity contribution in [3.8, 4) is 5.88 Å². The van der Waals surface area contributed by atoms with Crippen molar-refractivity contribution in [3.05, 3.63) is 21.7 Å². The predicted molar refractivity (Wildman–Crippen MR) is 76.9 cm³/mol. The fourth-order valence-corrected chi connectivity index (χ4v) is 3.09. The summed E-state index contributed by atoms with van der Waals surface area (Å²) < 4.78 is 11.4. The summed E-state index contributed by atoms with van der Waals surface area (Å²) in [7, 11) is 3.33. The largest absolute Gasteiger partial charge is 0.480 e. The van der Waals surface area contributed by atoms with E-state index in [4.69, 9.17) is 4.74 Å². The van der Waals surface area contributed by atoms with E-state index in [-0.39, 0.29) is 5.91 Å². The number of hydrogen-bond donors (Lipinski definition) is 0. The molecular formula is C11H13BrN4O2S. The molecule has 0 atom stereocenters. The number of methoxy groups -OCH3 is 1. The van der Waals surface area contributed by atoms with Crippen molar-refractivity contribution in [2.45, 2.75) is 6.92 Å². The van der Waals surface area contributed by atoms with Crippen LogP contribution in [0.25, 0.3) is 0 Å². The number of amides is 1. The zero-order valence-corrected chi connectivity index (χ0v) is 13.2. The number of halogens is 1. The summed E-state index contributed by atoms with van der Waals surface area (Å²) in [4.78, 5) is 14.7. The molecule has 0 saturated carbocycles. The molecule has 0 aliphatic carbocycles. The van der Waals surface area contributed by atoms with E-state index in [0.29, 0.717) is 21.8 Å². The Bertz CT molecular complexity index is 595. The first-order chi connectivity index (χ1) is 9.08. The Kier molecular flexibility index (Phi) is 4.20. The van der Waals surface area contributed by atoms with Crippen molar-refractivity contribution >= 4 is 39.1 Å². The molecule has 0 saturated heterocycles. The van der Waals surface area contributed by atoms with Crippen LogP contribution in [0.15, 0.2) is 16.9 Å². The Morgan fingerprint density at radius 2 is 2.37 bits per heavy atom. The van der Waals surface area contributed by atoms with Gasteiger partial charge in [-0.05, 0) is 34.4 Å². The number of carbonyl (C=O) groups excluding carboxylic acids is 1. The van der Waals surface area contributed by atoms with E-state index < -0.39 is 0 Å². The standard InChI is InChI=1S/C11H13BrN4O2S/c1-4-16(7-5-13-15(2)6-7)11(17)9-8(12)10(18-3)14-19-9/h5-6H,4H2,1-3H3. The zero-order chi connectivity index (χ0) is 14.0. The van der Waals surface area contributed by atoms with Gasteiger partial charge >= 0.3 is 0 Å². The first kappa shape index (κ1) is 14.0. The Balaban J connectivity index is 2.33. The van der Waals surface area contributed by atoms with E-state index in [0.717, 1.165) is 17.2 Å². The highest BCUT2D eigenvalue weighted by atomic mass is 79.9. The monoisotopic (exact) mass is 344 g/mol. The molecule has 6 nitrogen and oxygen atoms in total. The summed E-state index contributed by atoms with van der Waals surface area (Å²) in [6.07, 6.45) is 3.46. The molecule has 0 spiro atoms. The average molecular weight is 345 g/mol. The van der Waals surface area contributed by atoms with Gasteiger partial charge < -0.3 is 9.64 Å². The highest BCUT2D eigenvalue weighted by Crippen LogP contribution is 2.32. The van der Waals surface area contributed by atoms with E-state index in [1.165, 1.54) is 7.11 Å². The summed E-state index contributed by atoms with van der Waals surface area (Å²) in [6.45, 7) is 2.47. The molecule has 0 aromatic carbocycles. The number of hydrogen-bond acceptors (Lipinski definition) is 5. The first-order valence-electron chi connectivity index (χ1n) is 5.58. The van der Waals surface area contributed by atoms with Gasteiger partial charge in [0, 0.05) is 19.8 Å². The second-order valence-corrected chi connectivity index (χ2v) is 5.32. The molecule has 2 rings (SSSR count). The summed E-state index contributed by atoms with van der Waals surface area (Å²) in [6, 6.07) is 0. The number of rotatable bonds is 4. The highest BCUT2D eigenvalue weighted by Gasteiger charge is 2.24. The van der Waals surface area contributed by atoms with Crippen molar-refractivity contribution in [2.75, 3.05) is 18.6 Å². The minimum atomic E-state index is -0.122. The van der Waals surface area contributed by atoms with Gasteiger partial charge in [-0.3, -0.25) is 9.48 Å². The number of aryl methyl sites for hydroxylation is 1. The molecule has 0 fully saturated rings. The van der Waals surface area contributed by atoms with Crippen molar-refractivity contribution in [1.82, 2.24) is 14.2 Å². The quantitative estimate of drug-likeness (QED) is 0.853. The van der Waals surface area contributed by atoms with E-state index >= 15 is 0 Å². The number of ether oxygens (including phenoxy) is 1. The number of anilines is 1. The molecule has 102 valence electrons. The van der Waals surface area contributed by atoms with Crippen LogP contribution in [0.5, 0.6) is 5.88 Å². The second kappa shape index (κ2) is 5.70. The van der Waals surface area contributed by atoms with E-state index in [1.54, 1.807) is 22.0 Å². The lowest BCUT2D eigenvalue weighted by Crippen LogP contribution is -2.29. The third kappa shape index (κ3) is 2.64. The lowest BCUT2D eigenvalue weighted by molar-refractivity contribution is 0.0991. The van der Waals surface area contributed by atoms with Gasteiger partial charge in [0.15, 0.2) is 0 Å². The van der Waals surface area contributed by atoms with Gasteiger partial charge in [0.25, 0.3) is 5.91 Å². The SMILES string of the molecule is CCN(C(=O)c1snc(OC)c1Br)c1cnn(C)c1. The molecule has 0 aliphatic heterocycles. The topological polar surface area (TPSA) is 60.3 Å². The Hall–Kier alpha value is -1.41. The Labute approximate surface area is 123 Å². The van der Waals surface area contributed by atoms with Crippen molar-refractivity contribution in [1.29, 1.82) is 0 Å². The van der Waals surface area contributed by atoms with Crippen LogP contribution in [0.2, 0.25) is 0 Å². The lowest BCUT2D eigenvalue weighted by Gasteiger charge is -2.17. The fraction of sp³-hybridized carbons (Fsp3) is 0.364. The van der Waals surface area contributed by atoms with Crippen LogP contribution < -0.4 is 9.64 Å². The molecule has 0 N–H and O–H groups in total. The number of carbonyl (C=O) groups is 1. The summed E-state index contributed by atoms with van der Waals surface area (Å²) in [5, 5.41) is 4.08. The maximum atomic E-state index is 12.5. The van der Waals surface area contributed by atoms with Gasteiger partial charge in [-0.1, -0.05) is 0 Å². The average Bonchev–Trinajstić information content (AvgIpc) is 2.96. The Morgan fingerprint density at radius 3 is 2.84 bits per heavy atom. The highest BCUT2D eigenvalue weighted by molar-refractivity contribution is 9.10. The van der Waals surface area contributed by atoms with Crippen molar-refractivity contribution < 1.29 is 9.53 Å². The van der Waals surface area contributed by atoms with E-state index in [1.807, 2.05) is 14.0 Å². The predicted octanol–water partition coefficient (Wildman–Crippen LogP) is 2.31. The van der Waals surface area contributed by atoms with Crippen LogP contribution in [0, 0.1) is 0 Å². The van der Waals surface area contributed by atoms with Crippen LogP contribution in [0.1, 0.15) is 16.6 Å². The second-order valence-electron chi connectivity index (χ2n) is 3.76. The Morgan fingerprint density at radius 1 is 1.63 bits per heavy atom. The molecule has 0 aliphatic rings. The minimum absolute atomic E-state index is 0.122. The molecular weight excluding hydrogens is 332 g/mol. The molecule has 2 heterocycles. The zero-order valence-electron chi connectivity index (χ0n) is 10.8. The summed E-state index contributed by atoms with van der Waals surface area (Å²) >= 11 is 4.46. The summed E-state index contributed by atoms with van der Waals surface area (Å²) in [5.74, 6) is 0.304. The molecule has 19 heavy (non-hydrogen) atoms. The normalized spacial score (nSPS) is 10.5. The van der Waals surface area contributed by atoms with Crippen molar-refractivity contribution in [2.24, 2.45) is 7.05 Å².